The van der Waals surface area contributed by atoms with Gasteiger partial charge in [-0.15, -0.1) is 0 Å². The minimum absolute atomic E-state index is 0.484. The molecular weight excluding hydrogens is 296 g/mol. The Morgan fingerprint density at radius 1 is 1.44 bits per heavy atom. The molecule has 1 fully saturated rings. The highest BCUT2D eigenvalue weighted by atomic mass is 79.9. The van der Waals surface area contributed by atoms with Gasteiger partial charge in [-0.3, -0.25) is 0 Å². The molecule has 0 aromatic heterocycles. The maximum absolute atomic E-state index is 11.4. The summed E-state index contributed by atoms with van der Waals surface area (Å²) in [6.45, 7) is 4.18. The predicted octanol–water partition coefficient (Wildman–Crippen LogP) is 1.96. The fraction of sp³-hybridized carbons (Fsp3) is 0.462. The zero-order valence-corrected chi connectivity index (χ0v) is 12.1. The smallest absolute Gasteiger partial charge is 0.327 e. The van der Waals surface area contributed by atoms with Gasteiger partial charge in [0.25, 0.3) is 0 Å². The lowest BCUT2D eigenvalue weighted by Gasteiger charge is -2.39. The number of halogens is 1. The molecule has 1 atom stereocenters. The molecule has 1 aromatic carbocycles. The highest BCUT2D eigenvalue weighted by Gasteiger charge is 2.31. The molecule has 1 aromatic rings. The first-order valence-electron chi connectivity index (χ1n) is 5.93. The van der Waals surface area contributed by atoms with E-state index in [0.717, 1.165) is 28.8 Å². The second-order valence-corrected chi connectivity index (χ2v) is 5.62. The standard InChI is InChI=1S/C13H17BrN2O2/c1-9-3-4-11(10(14)7-9)16-6-5-15(2)8-12(16)13(17)18/h3-4,7,12H,5-6,8H2,1-2H3,(H,17,18). The molecule has 0 bridgehead atoms. The second kappa shape index (κ2) is 5.28. The van der Waals surface area contributed by atoms with Crippen molar-refractivity contribution in [3.05, 3.63) is 28.2 Å². The Labute approximate surface area is 115 Å². The molecule has 0 saturated carbocycles. The first-order chi connectivity index (χ1) is 8.49. The van der Waals surface area contributed by atoms with Crippen molar-refractivity contribution in [3.8, 4) is 0 Å². The number of carboxylic acids is 1. The summed E-state index contributed by atoms with van der Waals surface area (Å²) in [4.78, 5) is 15.4. The van der Waals surface area contributed by atoms with Crippen molar-refractivity contribution in [3.63, 3.8) is 0 Å². The number of nitrogens with zero attached hydrogens (tertiary/aromatic N) is 2. The molecule has 0 amide bonds. The average Bonchev–Trinajstić information content (AvgIpc) is 2.29. The van der Waals surface area contributed by atoms with Gasteiger partial charge in [-0.1, -0.05) is 6.07 Å². The van der Waals surface area contributed by atoms with Crippen molar-refractivity contribution in [1.29, 1.82) is 0 Å². The minimum atomic E-state index is -0.769. The lowest BCUT2D eigenvalue weighted by molar-refractivity contribution is -0.139. The number of rotatable bonds is 2. The zero-order chi connectivity index (χ0) is 13.3. The summed E-state index contributed by atoms with van der Waals surface area (Å²) in [5, 5.41) is 9.35. The lowest BCUT2D eigenvalue weighted by atomic mass is 10.1. The van der Waals surface area contributed by atoms with E-state index < -0.39 is 12.0 Å². The van der Waals surface area contributed by atoms with Gasteiger partial charge in [-0.05, 0) is 47.6 Å². The summed E-state index contributed by atoms with van der Waals surface area (Å²) < 4.78 is 0.957. The second-order valence-electron chi connectivity index (χ2n) is 4.76. The van der Waals surface area contributed by atoms with Crippen molar-refractivity contribution in [2.75, 3.05) is 31.6 Å². The summed E-state index contributed by atoms with van der Waals surface area (Å²) in [7, 11) is 1.96. The molecule has 18 heavy (non-hydrogen) atoms. The number of aliphatic carboxylic acids is 1. The van der Waals surface area contributed by atoms with Gasteiger partial charge in [-0.25, -0.2) is 4.79 Å². The fourth-order valence-corrected chi connectivity index (χ4v) is 2.98. The molecule has 5 heteroatoms. The quantitative estimate of drug-likeness (QED) is 0.906. The number of carbonyl (C=O) groups is 1. The highest BCUT2D eigenvalue weighted by molar-refractivity contribution is 9.10. The number of carboxylic acid groups (broad SMARTS) is 1. The molecule has 98 valence electrons. The van der Waals surface area contributed by atoms with Crippen LogP contribution in [0.3, 0.4) is 0 Å². The van der Waals surface area contributed by atoms with Crippen LogP contribution in [-0.4, -0.2) is 48.7 Å². The van der Waals surface area contributed by atoms with Crippen LogP contribution in [0, 0.1) is 6.92 Å². The Balaban J connectivity index is 2.32. The zero-order valence-electron chi connectivity index (χ0n) is 10.6. The van der Waals surface area contributed by atoms with Gasteiger partial charge in [0.1, 0.15) is 6.04 Å². The first-order valence-corrected chi connectivity index (χ1v) is 6.72. The molecule has 0 aliphatic carbocycles. The predicted molar refractivity (Wildman–Crippen MR) is 75.1 cm³/mol. The molecule has 1 aliphatic heterocycles. The van der Waals surface area contributed by atoms with E-state index >= 15 is 0 Å². The van der Waals surface area contributed by atoms with E-state index in [1.54, 1.807) is 0 Å². The number of hydrogen-bond donors (Lipinski definition) is 1. The van der Waals surface area contributed by atoms with E-state index in [1.165, 1.54) is 0 Å². The molecular formula is C13H17BrN2O2. The monoisotopic (exact) mass is 312 g/mol. The van der Waals surface area contributed by atoms with Crippen LogP contribution in [0.25, 0.3) is 0 Å². The van der Waals surface area contributed by atoms with Crippen LogP contribution in [-0.2, 0) is 4.79 Å². The van der Waals surface area contributed by atoms with Gasteiger partial charge in [0.2, 0.25) is 0 Å². The number of hydrogen-bond acceptors (Lipinski definition) is 3. The van der Waals surface area contributed by atoms with E-state index in [1.807, 2.05) is 37.1 Å². The Bertz CT molecular complexity index is 464. The van der Waals surface area contributed by atoms with Gasteiger partial charge in [0.15, 0.2) is 0 Å². The van der Waals surface area contributed by atoms with E-state index in [4.69, 9.17) is 0 Å². The van der Waals surface area contributed by atoms with Crippen LogP contribution in [0.4, 0.5) is 5.69 Å². The third-order valence-corrected chi connectivity index (χ3v) is 3.92. The van der Waals surface area contributed by atoms with Gasteiger partial charge >= 0.3 is 5.97 Å². The van der Waals surface area contributed by atoms with Crippen LogP contribution < -0.4 is 4.90 Å². The van der Waals surface area contributed by atoms with Crippen LogP contribution in [0.2, 0.25) is 0 Å². The average molecular weight is 313 g/mol. The van der Waals surface area contributed by atoms with Crippen LogP contribution in [0.15, 0.2) is 22.7 Å². The van der Waals surface area contributed by atoms with Crippen LogP contribution >= 0.6 is 15.9 Å². The topological polar surface area (TPSA) is 43.8 Å². The molecule has 1 aliphatic rings. The van der Waals surface area contributed by atoms with Gasteiger partial charge in [-0.2, -0.15) is 0 Å². The normalized spacial score (nSPS) is 21.1. The van der Waals surface area contributed by atoms with E-state index in [9.17, 15) is 9.90 Å². The van der Waals surface area contributed by atoms with Crippen molar-refractivity contribution >= 4 is 27.6 Å². The third kappa shape index (κ3) is 2.67. The number of likely N-dealkylation sites (N-methyl/N-ethyl adjacent to an activating group) is 1. The summed E-state index contributed by atoms with van der Waals surface area (Å²) >= 11 is 3.53. The summed E-state index contributed by atoms with van der Waals surface area (Å²) in [6.07, 6.45) is 0. The van der Waals surface area contributed by atoms with Crippen molar-refractivity contribution < 1.29 is 9.90 Å². The summed E-state index contributed by atoms with van der Waals surface area (Å²) in [5.74, 6) is -0.769. The van der Waals surface area contributed by atoms with Crippen molar-refractivity contribution in [2.24, 2.45) is 0 Å². The van der Waals surface area contributed by atoms with Crippen LogP contribution in [0.1, 0.15) is 5.56 Å². The summed E-state index contributed by atoms with van der Waals surface area (Å²) in [5.41, 5.74) is 2.12. The van der Waals surface area contributed by atoms with E-state index in [0.29, 0.717) is 6.54 Å². The first kappa shape index (κ1) is 13.4. The molecule has 0 radical (unpaired) electrons. The number of aryl methyl sites for hydroxylation is 1. The Hall–Kier alpha value is -1.07. The molecule has 4 nitrogen and oxygen atoms in total. The van der Waals surface area contributed by atoms with Crippen LogP contribution in [0.5, 0.6) is 0 Å². The number of benzene rings is 1. The third-order valence-electron chi connectivity index (χ3n) is 3.28. The number of anilines is 1. The van der Waals surface area contributed by atoms with E-state index in [-0.39, 0.29) is 0 Å². The van der Waals surface area contributed by atoms with Crippen molar-refractivity contribution in [1.82, 2.24) is 4.90 Å². The largest absolute Gasteiger partial charge is 0.480 e. The molecule has 1 saturated heterocycles. The fourth-order valence-electron chi connectivity index (χ4n) is 2.26. The van der Waals surface area contributed by atoms with Crippen molar-refractivity contribution in [2.45, 2.75) is 13.0 Å². The Kier molecular flexibility index (Phi) is 3.92. The molecule has 1 N–H and O–H groups in total. The van der Waals surface area contributed by atoms with Gasteiger partial charge in [0, 0.05) is 24.1 Å². The molecule has 2 rings (SSSR count). The highest BCUT2D eigenvalue weighted by Crippen LogP contribution is 2.30. The summed E-state index contributed by atoms with van der Waals surface area (Å²) in [6, 6.07) is 5.53. The molecule has 0 spiro atoms. The Morgan fingerprint density at radius 3 is 2.78 bits per heavy atom. The Morgan fingerprint density at radius 2 is 2.17 bits per heavy atom. The maximum atomic E-state index is 11.4. The van der Waals surface area contributed by atoms with Gasteiger partial charge < -0.3 is 14.9 Å². The maximum Gasteiger partial charge on any atom is 0.327 e. The van der Waals surface area contributed by atoms with E-state index in [2.05, 4.69) is 20.8 Å². The number of piperazine rings is 1. The SMILES string of the molecule is Cc1ccc(N2CCN(C)CC2C(=O)O)c(Br)c1. The van der Waals surface area contributed by atoms with Gasteiger partial charge in [0.05, 0.1) is 5.69 Å². The lowest BCUT2D eigenvalue weighted by Crippen LogP contribution is -2.55. The molecule has 1 heterocycles. The minimum Gasteiger partial charge on any atom is -0.480 e. The molecule has 1 unspecified atom stereocenters.